The van der Waals surface area contributed by atoms with Crippen LogP contribution in [0.2, 0.25) is 0 Å². The zero-order valence-corrected chi connectivity index (χ0v) is 20.5. The van der Waals surface area contributed by atoms with Gasteiger partial charge in [0.1, 0.15) is 12.6 Å². The number of aliphatic carboxylic acids is 1. The fourth-order valence-corrected chi connectivity index (χ4v) is 4.48. The van der Waals surface area contributed by atoms with Crippen LogP contribution in [-0.2, 0) is 19.1 Å². The molecule has 0 aromatic heterocycles. The Morgan fingerprint density at radius 2 is 1.63 bits per heavy atom. The van der Waals surface area contributed by atoms with Crippen molar-refractivity contribution >= 4 is 18.0 Å². The third kappa shape index (κ3) is 6.39. The van der Waals surface area contributed by atoms with E-state index in [0.29, 0.717) is 25.9 Å². The van der Waals surface area contributed by atoms with Crippen molar-refractivity contribution in [1.82, 2.24) is 10.2 Å². The molecule has 0 spiro atoms. The van der Waals surface area contributed by atoms with Gasteiger partial charge in [-0.25, -0.2) is 4.79 Å². The molecular formula is C27H34N2O6. The lowest BCUT2D eigenvalue weighted by molar-refractivity contribution is -0.137. The minimum absolute atomic E-state index is 0.0572. The lowest BCUT2D eigenvalue weighted by Gasteiger charge is -2.29. The van der Waals surface area contributed by atoms with E-state index in [2.05, 4.69) is 17.4 Å². The summed E-state index contributed by atoms with van der Waals surface area (Å²) in [5.41, 5.74) is 4.50. The second-order valence-corrected chi connectivity index (χ2v) is 8.66. The van der Waals surface area contributed by atoms with Gasteiger partial charge in [-0.3, -0.25) is 9.59 Å². The number of rotatable bonds is 12. The van der Waals surface area contributed by atoms with E-state index in [9.17, 15) is 14.4 Å². The van der Waals surface area contributed by atoms with Crippen molar-refractivity contribution < 1.29 is 29.0 Å². The van der Waals surface area contributed by atoms with Gasteiger partial charge >= 0.3 is 12.1 Å². The normalized spacial score (nSPS) is 13.9. The molecule has 2 aromatic carbocycles. The number of carbonyl (C=O) groups is 3. The van der Waals surface area contributed by atoms with Gasteiger partial charge in [-0.1, -0.05) is 48.5 Å². The summed E-state index contributed by atoms with van der Waals surface area (Å²) in [4.78, 5) is 38.3. The van der Waals surface area contributed by atoms with Gasteiger partial charge in [0.05, 0.1) is 6.10 Å². The molecule has 2 aromatic rings. The zero-order chi connectivity index (χ0) is 25.4. The number of unbranched alkanes of at least 4 members (excludes halogenated alkanes) is 1. The van der Waals surface area contributed by atoms with Crippen LogP contribution in [-0.4, -0.2) is 66.9 Å². The fraction of sp³-hybridized carbons (Fsp3) is 0.444. The number of nitrogens with zero attached hydrogens (tertiary/aromatic N) is 1. The highest BCUT2D eigenvalue weighted by atomic mass is 16.5. The summed E-state index contributed by atoms with van der Waals surface area (Å²) in [5.74, 6) is -1.23. The van der Waals surface area contributed by atoms with Gasteiger partial charge in [-0.2, -0.15) is 0 Å². The predicted molar refractivity (Wildman–Crippen MR) is 132 cm³/mol. The van der Waals surface area contributed by atoms with Gasteiger partial charge in [-0.05, 0) is 48.9 Å². The summed E-state index contributed by atoms with van der Waals surface area (Å²) in [7, 11) is 1.48. The van der Waals surface area contributed by atoms with E-state index in [1.165, 1.54) is 7.11 Å². The fourth-order valence-electron chi connectivity index (χ4n) is 4.48. The molecule has 0 saturated carbocycles. The van der Waals surface area contributed by atoms with Crippen LogP contribution < -0.4 is 5.32 Å². The number of carboxylic acid groups (broad SMARTS) is 1. The Bertz CT molecular complexity index is 994. The van der Waals surface area contributed by atoms with Crippen molar-refractivity contribution in [2.45, 2.75) is 51.2 Å². The van der Waals surface area contributed by atoms with Gasteiger partial charge in [0, 0.05) is 32.5 Å². The van der Waals surface area contributed by atoms with Crippen LogP contribution in [0.3, 0.4) is 0 Å². The van der Waals surface area contributed by atoms with E-state index in [0.717, 1.165) is 22.3 Å². The van der Waals surface area contributed by atoms with Gasteiger partial charge < -0.3 is 24.8 Å². The number of carbonyl (C=O) groups excluding carboxylic acids is 2. The van der Waals surface area contributed by atoms with E-state index in [4.69, 9.17) is 14.6 Å². The molecule has 0 bridgehead atoms. The molecule has 0 radical (unpaired) electrons. The second-order valence-electron chi connectivity index (χ2n) is 8.66. The minimum Gasteiger partial charge on any atom is -0.481 e. The Hall–Kier alpha value is -3.39. The number of fused-ring (bicyclic) bond motifs is 3. The lowest BCUT2D eigenvalue weighted by atomic mass is 9.98. The van der Waals surface area contributed by atoms with Crippen molar-refractivity contribution in [1.29, 1.82) is 0 Å². The maximum atomic E-state index is 13.2. The van der Waals surface area contributed by atoms with Crippen molar-refractivity contribution in [2.75, 3.05) is 26.8 Å². The number of ether oxygens (including phenoxy) is 2. The summed E-state index contributed by atoms with van der Waals surface area (Å²) in [6.07, 6.45) is -0.164. The van der Waals surface area contributed by atoms with Crippen LogP contribution in [0, 0.1) is 0 Å². The molecule has 2 unspecified atom stereocenters. The van der Waals surface area contributed by atoms with Crippen LogP contribution in [0.25, 0.3) is 11.1 Å². The summed E-state index contributed by atoms with van der Waals surface area (Å²) >= 11 is 0. The van der Waals surface area contributed by atoms with E-state index >= 15 is 0 Å². The van der Waals surface area contributed by atoms with E-state index in [1.807, 2.05) is 43.3 Å². The standard InChI is InChI=1S/C27H34N2O6/c1-4-29(16-10-9-15-24(30)31)26(32)25(18(2)34-3)28-27(33)35-17-23-21-13-7-5-11-19(21)20-12-6-8-14-22(20)23/h5-8,11-14,18,23,25H,4,9-10,15-17H2,1-3H3,(H,28,33)(H,30,31). The quantitative estimate of drug-likeness (QED) is 0.443. The maximum absolute atomic E-state index is 13.2. The molecule has 0 aliphatic heterocycles. The van der Waals surface area contributed by atoms with Crippen LogP contribution in [0.1, 0.15) is 50.2 Å². The molecule has 188 valence electrons. The number of hydrogen-bond acceptors (Lipinski definition) is 5. The summed E-state index contributed by atoms with van der Waals surface area (Å²) in [6.45, 7) is 4.55. The second kappa shape index (κ2) is 12.4. The first-order valence-corrected chi connectivity index (χ1v) is 12.0. The molecule has 1 aliphatic carbocycles. The molecule has 35 heavy (non-hydrogen) atoms. The number of methoxy groups -OCH3 is 1. The van der Waals surface area contributed by atoms with Crippen LogP contribution in [0.15, 0.2) is 48.5 Å². The van der Waals surface area contributed by atoms with E-state index in [-0.39, 0.29) is 24.9 Å². The molecule has 2 atom stereocenters. The number of likely N-dealkylation sites (N-methyl/N-ethyl adjacent to an activating group) is 1. The van der Waals surface area contributed by atoms with Gasteiger partial charge in [0.2, 0.25) is 5.91 Å². The Balaban J connectivity index is 1.64. The Labute approximate surface area is 206 Å². The molecule has 8 nitrogen and oxygen atoms in total. The third-order valence-electron chi connectivity index (χ3n) is 6.49. The van der Waals surface area contributed by atoms with Gasteiger partial charge in [0.15, 0.2) is 0 Å². The molecule has 1 aliphatic rings. The molecule has 2 amide bonds. The van der Waals surface area contributed by atoms with Crippen molar-refractivity contribution in [3.63, 3.8) is 0 Å². The summed E-state index contributed by atoms with van der Waals surface area (Å²) in [6, 6.07) is 15.2. The highest BCUT2D eigenvalue weighted by Crippen LogP contribution is 2.44. The van der Waals surface area contributed by atoms with Crippen LogP contribution in [0.5, 0.6) is 0 Å². The van der Waals surface area contributed by atoms with Gasteiger partial charge in [0.25, 0.3) is 0 Å². The molecule has 0 saturated heterocycles. The highest BCUT2D eigenvalue weighted by Gasteiger charge is 2.32. The molecule has 0 fully saturated rings. The summed E-state index contributed by atoms with van der Waals surface area (Å²) in [5, 5.41) is 11.5. The average Bonchev–Trinajstić information content (AvgIpc) is 3.18. The Kier molecular flexibility index (Phi) is 9.25. The van der Waals surface area contributed by atoms with Crippen molar-refractivity contribution in [2.24, 2.45) is 0 Å². The number of carboxylic acids is 1. The van der Waals surface area contributed by atoms with Gasteiger partial charge in [-0.15, -0.1) is 0 Å². The molecule has 0 heterocycles. The molecule has 3 rings (SSSR count). The largest absolute Gasteiger partial charge is 0.481 e. The van der Waals surface area contributed by atoms with Crippen molar-refractivity contribution in [3.05, 3.63) is 59.7 Å². The van der Waals surface area contributed by atoms with Crippen LogP contribution in [0.4, 0.5) is 4.79 Å². The monoisotopic (exact) mass is 482 g/mol. The number of benzene rings is 2. The number of hydrogen-bond donors (Lipinski definition) is 2. The Morgan fingerprint density at radius 3 is 2.17 bits per heavy atom. The first kappa shape index (κ1) is 26.2. The Morgan fingerprint density at radius 1 is 1.03 bits per heavy atom. The predicted octanol–water partition coefficient (Wildman–Crippen LogP) is 4.03. The first-order valence-electron chi connectivity index (χ1n) is 12.0. The number of alkyl carbamates (subject to hydrolysis) is 1. The van der Waals surface area contributed by atoms with E-state index < -0.39 is 24.2 Å². The van der Waals surface area contributed by atoms with Crippen LogP contribution >= 0.6 is 0 Å². The topological polar surface area (TPSA) is 105 Å². The van der Waals surface area contributed by atoms with Crippen molar-refractivity contribution in [3.8, 4) is 11.1 Å². The maximum Gasteiger partial charge on any atom is 0.407 e. The molecule has 2 N–H and O–H groups in total. The number of nitrogens with one attached hydrogen (secondary N) is 1. The smallest absolute Gasteiger partial charge is 0.407 e. The van der Waals surface area contributed by atoms with E-state index in [1.54, 1.807) is 11.8 Å². The average molecular weight is 483 g/mol. The first-order chi connectivity index (χ1) is 16.9. The minimum atomic E-state index is -0.921. The summed E-state index contributed by atoms with van der Waals surface area (Å²) < 4.78 is 11.0. The zero-order valence-electron chi connectivity index (χ0n) is 20.5. The third-order valence-corrected chi connectivity index (χ3v) is 6.49. The SMILES string of the molecule is CCN(CCCCC(=O)O)C(=O)C(NC(=O)OCC1c2ccccc2-c2ccccc21)C(C)OC. The molecule has 8 heteroatoms. The highest BCUT2D eigenvalue weighted by molar-refractivity contribution is 5.86. The number of amides is 2. The lowest BCUT2D eigenvalue weighted by Crippen LogP contribution is -2.54. The molecular weight excluding hydrogens is 448 g/mol.